The Morgan fingerprint density at radius 1 is 1.30 bits per heavy atom. The Hall–Kier alpha value is -3.02. The molecule has 3 rings (SSSR count). The fraction of sp³-hybridized carbons (Fsp3) is 0.136. The summed E-state index contributed by atoms with van der Waals surface area (Å²) in [6.45, 7) is 1.70. The van der Waals surface area contributed by atoms with Crippen LogP contribution >= 0.6 is 27.7 Å². The van der Waals surface area contributed by atoms with Crippen molar-refractivity contribution in [2.45, 2.75) is 6.92 Å². The SMILES string of the molecule is C#CCOc1ccc(C=C2SC(=O)N(CC(=O)Nc3cccc(C)c3)C2=O)cc1Br. The van der Waals surface area contributed by atoms with Crippen LogP contribution in [0.15, 0.2) is 51.8 Å². The summed E-state index contributed by atoms with van der Waals surface area (Å²) in [6, 6.07) is 12.5. The van der Waals surface area contributed by atoms with E-state index in [1.807, 2.05) is 19.1 Å². The molecule has 1 fully saturated rings. The fourth-order valence-corrected chi connectivity index (χ4v) is 4.05. The Morgan fingerprint density at radius 3 is 2.80 bits per heavy atom. The van der Waals surface area contributed by atoms with Crippen LogP contribution in [0, 0.1) is 19.3 Å². The lowest BCUT2D eigenvalue weighted by Gasteiger charge is -2.12. The van der Waals surface area contributed by atoms with Crippen molar-refractivity contribution in [3.05, 3.63) is 63.0 Å². The van der Waals surface area contributed by atoms with Gasteiger partial charge >= 0.3 is 0 Å². The number of anilines is 1. The van der Waals surface area contributed by atoms with Crippen molar-refractivity contribution in [1.29, 1.82) is 0 Å². The van der Waals surface area contributed by atoms with Gasteiger partial charge in [0.25, 0.3) is 11.1 Å². The highest BCUT2D eigenvalue weighted by molar-refractivity contribution is 9.10. The smallest absolute Gasteiger partial charge is 0.294 e. The molecule has 2 aromatic carbocycles. The number of carbonyl (C=O) groups excluding carboxylic acids is 3. The van der Waals surface area contributed by atoms with E-state index >= 15 is 0 Å². The third-order valence-electron chi connectivity index (χ3n) is 4.04. The van der Waals surface area contributed by atoms with Crippen molar-refractivity contribution in [3.8, 4) is 18.1 Å². The summed E-state index contributed by atoms with van der Waals surface area (Å²) in [5.74, 6) is 2.01. The first-order chi connectivity index (χ1) is 14.4. The van der Waals surface area contributed by atoms with Crippen molar-refractivity contribution in [2.24, 2.45) is 0 Å². The summed E-state index contributed by atoms with van der Waals surface area (Å²) in [7, 11) is 0. The molecule has 3 amide bonds. The zero-order valence-electron chi connectivity index (χ0n) is 16.0. The maximum absolute atomic E-state index is 12.6. The van der Waals surface area contributed by atoms with Crippen molar-refractivity contribution in [2.75, 3.05) is 18.5 Å². The number of nitrogens with one attached hydrogen (secondary N) is 1. The van der Waals surface area contributed by atoms with E-state index in [0.29, 0.717) is 21.5 Å². The van der Waals surface area contributed by atoms with Crippen LogP contribution in [-0.4, -0.2) is 35.1 Å². The Balaban J connectivity index is 1.69. The zero-order chi connectivity index (χ0) is 21.7. The second-order valence-corrected chi connectivity index (χ2v) is 8.22. The highest BCUT2D eigenvalue weighted by Crippen LogP contribution is 2.33. The molecular formula is C22H17BrN2O4S. The molecule has 0 aromatic heterocycles. The van der Waals surface area contributed by atoms with Gasteiger partial charge < -0.3 is 10.1 Å². The maximum Gasteiger partial charge on any atom is 0.294 e. The van der Waals surface area contributed by atoms with E-state index in [1.54, 1.807) is 36.4 Å². The predicted molar refractivity (Wildman–Crippen MR) is 121 cm³/mol. The van der Waals surface area contributed by atoms with Crippen LogP contribution in [0.4, 0.5) is 10.5 Å². The minimum absolute atomic E-state index is 0.140. The lowest BCUT2D eigenvalue weighted by molar-refractivity contribution is -0.127. The molecule has 1 N–H and O–H groups in total. The molecular weight excluding hydrogens is 468 g/mol. The predicted octanol–water partition coefficient (Wildman–Crippen LogP) is 4.44. The summed E-state index contributed by atoms with van der Waals surface area (Å²) < 4.78 is 6.05. The molecule has 152 valence electrons. The number of benzene rings is 2. The standard InChI is InChI=1S/C22H17BrN2O4S/c1-3-9-29-18-8-7-15(11-17(18)23)12-19-21(27)25(22(28)30-19)13-20(26)24-16-6-4-5-14(2)10-16/h1,4-8,10-12H,9,13H2,2H3,(H,24,26). The Kier molecular flexibility index (Phi) is 6.98. The van der Waals surface area contributed by atoms with E-state index in [2.05, 4.69) is 27.2 Å². The number of nitrogens with zero attached hydrogens (tertiary/aromatic N) is 1. The number of thioether (sulfide) groups is 1. The first-order valence-electron chi connectivity index (χ1n) is 8.85. The van der Waals surface area contributed by atoms with Crippen molar-refractivity contribution < 1.29 is 19.1 Å². The summed E-state index contributed by atoms with van der Waals surface area (Å²) in [5.41, 5.74) is 2.30. The van der Waals surface area contributed by atoms with E-state index in [9.17, 15) is 14.4 Å². The Morgan fingerprint density at radius 2 is 2.10 bits per heavy atom. The van der Waals surface area contributed by atoms with Crippen molar-refractivity contribution in [3.63, 3.8) is 0 Å². The molecule has 0 saturated carbocycles. The molecule has 0 aliphatic carbocycles. The monoisotopic (exact) mass is 484 g/mol. The number of aryl methyl sites for hydroxylation is 1. The molecule has 0 radical (unpaired) electrons. The van der Waals surface area contributed by atoms with E-state index in [-0.39, 0.29) is 18.1 Å². The molecule has 0 atom stereocenters. The Labute approximate surface area is 186 Å². The number of hydrogen-bond donors (Lipinski definition) is 1. The molecule has 1 aliphatic rings. The normalized spacial score (nSPS) is 14.7. The van der Waals surface area contributed by atoms with Gasteiger partial charge in [0, 0.05) is 5.69 Å². The van der Waals surface area contributed by atoms with Gasteiger partial charge in [0.05, 0.1) is 9.38 Å². The third-order valence-corrected chi connectivity index (χ3v) is 5.57. The quantitative estimate of drug-likeness (QED) is 0.484. The number of amides is 3. The van der Waals surface area contributed by atoms with Gasteiger partial charge in [-0.3, -0.25) is 19.3 Å². The minimum atomic E-state index is -0.506. The fourth-order valence-electron chi connectivity index (χ4n) is 2.70. The lowest BCUT2D eigenvalue weighted by atomic mass is 10.2. The summed E-state index contributed by atoms with van der Waals surface area (Å²) >= 11 is 4.19. The number of ether oxygens (including phenoxy) is 1. The average Bonchev–Trinajstić information content (AvgIpc) is 2.95. The second-order valence-electron chi connectivity index (χ2n) is 6.37. The van der Waals surface area contributed by atoms with E-state index in [0.717, 1.165) is 22.2 Å². The molecule has 0 unspecified atom stereocenters. The molecule has 0 bridgehead atoms. The second kappa shape index (κ2) is 9.65. The number of hydrogen-bond acceptors (Lipinski definition) is 5. The third kappa shape index (κ3) is 5.32. The maximum atomic E-state index is 12.6. The van der Waals surface area contributed by atoms with Crippen LogP contribution in [-0.2, 0) is 9.59 Å². The molecule has 30 heavy (non-hydrogen) atoms. The molecule has 2 aromatic rings. The molecule has 1 heterocycles. The van der Waals surface area contributed by atoms with Crippen LogP contribution in [0.25, 0.3) is 6.08 Å². The van der Waals surface area contributed by atoms with Gasteiger partial charge in [0.1, 0.15) is 18.9 Å². The van der Waals surface area contributed by atoms with E-state index in [1.165, 1.54) is 0 Å². The van der Waals surface area contributed by atoms with Gasteiger partial charge in [-0.25, -0.2) is 0 Å². The zero-order valence-corrected chi connectivity index (χ0v) is 18.4. The van der Waals surface area contributed by atoms with Crippen LogP contribution in [0.1, 0.15) is 11.1 Å². The number of halogens is 1. The van der Waals surface area contributed by atoms with Crippen LogP contribution in [0.3, 0.4) is 0 Å². The van der Waals surface area contributed by atoms with Gasteiger partial charge in [-0.2, -0.15) is 0 Å². The number of terminal acetylenes is 1. The average molecular weight is 485 g/mol. The largest absolute Gasteiger partial charge is 0.480 e. The van der Waals surface area contributed by atoms with Crippen LogP contribution in [0.5, 0.6) is 5.75 Å². The highest BCUT2D eigenvalue weighted by Gasteiger charge is 2.36. The van der Waals surface area contributed by atoms with Crippen LogP contribution in [0.2, 0.25) is 0 Å². The van der Waals surface area contributed by atoms with Crippen LogP contribution < -0.4 is 10.1 Å². The topological polar surface area (TPSA) is 75.7 Å². The minimum Gasteiger partial charge on any atom is -0.480 e. The van der Waals surface area contributed by atoms with Gasteiger partial charge in [0.15, 0.2) is 0 Å². The van der Waals surface area contributed by atoms with Crippen molar-refractivity contribution in [1.82, 2.24) is 4.90 Å². The molecule has 8 heteroatoms. The lowest BCUT2D eigenvalue weighted by Crippen LogP contribution is -2.36. The molecule has 1 aliphatic heterocycles. The first-order valence-corrected chi connectivity index (χ1v) is 10.5. The molecule has 6 nitrogen and oxygen atoms in total. The highest BCUT2D eigenvalue weighted by atomic mass is 79.9. The Bertz CT molecular complexity index is 1090. The van der Waals surface area contributed by atoms with Gasteiger partial charge in [0.2, 0.25) is 5.91 Å². The molecule has 0 spiro atoms. The summed E-state index contributed by atoms with van der Waals surface area (Å²) in [5, 5.41) is 2.21. The summed E-state index contributed by atoms with van der Waals surface area (Å²) in [6.07, 6.45) is 6.78. The number of carbonyl (C=O) groups is 3. The molecule has 1 saturated heterocycles. The van der Waals surface area contributed by atoms with Crippen molar-refractivity contribution >= 4 is 56.5 Å². The van der Waals surface area contributed by atoms with Gasteiger partial charge in [-0.15, -0.1) is 6.42 Å². The number of rotatable bonds is 6. The van der Waals surface area contributed by atoms with Gasteiger partial charge in [-0.05, 0) is 76.1 Å². The number of imide groups is 1. The van der Waals surface area contributed by atoms with E-state index < -0.39 is 17.1 Å². The van der Waals surface area contributed by atoms with E-state index in [4.69, 9.17) is 11.2 Å². The first kappa shape index (κ1) is 21.7. The summed E-state index contributed by atoms with van der Waals surface area (Å²) in [4.78, 5) is 38.4. The van der Waals surface area contributed by atoms with Gasteiger partial charge in [-0.1, -0.05) is 24.1 Å².